The Morgan fingerprint density at radius 3 is 2.79 bits per heavy atom. The largest absolute Gasteiger partial charge is 0.339 e. The van der Waals surface area contributed by atoms with Gasteiger partial charge in [0.05, 0.1) is 10.7 Å². The van der Waals surface area contributed by atoms with E-state index in [4.69, 9.17) is 0 Å². The van der Waals surface area contributed by atoms with Crippen LogP contribution in [0.4, 0.5) is 5.69 Å². The van der Waals surface area contributed by atoms with Crippen LogP contribution in [0.3, 0.4) is 0 Å². The Morgan fingerprint density at radius 1 is 1.43 bits per heavy atom. The Kier molecular flexibility index (Phi) is 3.66. The molecule has 1 aromatic carbocycles. The molecule has 0 amide bonds. The minimum Gasteiger partial charge on any atom is -0.339 e. The Labute approximate surface area is 106 Å². The molecule has 0 atom stereocenters. The van der Waals surface area contributed by atoms with Crippen molar-refractivity contribution in [3.8, 4) is 0 Å². The average Bonchev–Trinajstić information content (AvgIpc) is 2.43. The number of anilines is 1. The Hall–Kier alpha value is -0.420. The van der Waals surface area contributed by atoms with Crippen molar-refractivity contribution in [1.82, 2.24) is 0 Å². The number of benzene rings is 1. The van der Waals surface area contributed by atoms with E-state index in [0.717, 1.165) is 10.6 Å². The zero-order valence-corrected chi connectivity index (χ0v) is 11.1. The fraction of sp³-hybridized carbons (Fsp3) is 0.0909. The Balaban J connectivity index is 0.000000980. The molecule has 0 radical (unpaired) electrons. The van der Waals surface area contributed by atoms with E-state index < -0.39 is 0 Å². The summed E-state index contributed by atoms with van der Waals surface area (Å²) in [7, 11) is 2.04. The Morgan fingerprint density at radius 2 is 2.14 bits per heavy atom. The van der Waals surface area contributed by atoms with Gasteiger partial charge in [-0.2, -0.15) is 0 Å². The second-order valence-electron chi connectivity index (χ2n) is 2.99. The molecule has 2 rings (SSSR count). The molecule has 0 saturated heterocycles. The van der Waals surface area contributed by atoms with Gasteiger partial charge in [0.1, 0.15) is 0 Å². The molecule has 1 aromatic rings. The number of hydrogen-bond acceptors (Lipinski definition) is 2. The topological polar surface area (TPSA) is 3.24 Å². The number of hydrogen-bond donors (Lipinski definition) is 0. The lowest BCUT2D eigenvalue weighted by atomic mass is 10.2. The van der Waals surface area contributed by atoms with Gasteiger partial charge in [-0.25, -0.2) is 0 Å². The van der Waals surface area contributed by atoms with Crippen LogP contribution in [0.25, 0.3) is 6.08 Å². The van der Waals surface area contributed by atoms with E-state index >= 15 is 0 Å². The molecule has 0 saturated carbocycles. The van der Waals surface area contributed by atoms with Gasteiger partial charge in [-0.15, -0.1) is 24.0 Å². The van der Waals surface area contributed by atoms with Crippen LogP contribution in [0.5, 0.6) is 0 Å². The van der Waals surface area contributed by atoms with Crippen LogP contribution in [-0.2, 0) is 0 Å². The fourth-order valence-corrected chi connectivity index (χ4v) is 2.27. The van der Waals surface area contributed by atoms with E-state index in [9.17, 15) is 0 Å². The number of rotatable bonds is 1. The summed E-state index contributed by atoms with van der Waals surface area (Å²) in [5.41, 5.74) is 2.38. The predicted molar refractivity (Wildman–Crippen MR) is 75.3 cm³/mol. The van der Waals surface area contributed by atoms with Crippen LogP contribution in [-0.4, -0.2) is 7.05 Å². The van der Waals surface area contributed by atoms with Crippen LogP contribution in [0.15, 0.2) is 41.3 Å². The summed E-state index contributed by atoms with van der Waals surface area (Å²) in [6.45, 7) is 7.72. The van der Waals surface area contributed by atoms with Gasteiger partial charge >= 0.3 is 0 Å². The van der Waals surface area contributed by atoms with Crippen molar-refractivity contribution in [3.63, 3.8) is 0 Å². The second-order valence-corrected chi connectivity index (χ2v) is 4.10. The lowest BCUT2D eigenvalue weighted by Crippen LogP contribution is -2.08. The van der Waals surface area contributed by atoms with Crippen molar-refractivity contribution < 1.29 is 0 Å². The first kappa shape index (κ1) is 11.7. The molecule has 1 aliphatic heterocycles. The molecule has 0 unspecified atom stereocenters. The monoisotopic (exact) mass is 317 g/mol. The van der Waals surface area contributed by atoms with Crippen molar-refractivity contribution >= 4 is 47.5 Å². The molecular weight excluding hydrogens is 305 g/mol. The highest BCUT2D eigenvalue weighted by Crippen LogP contribution is 2.44. The number of thioether (sulfide) groups is 1. The molecule has 74 valence electrons. The minimum atomic E-state index is 0. The van der Waals surface area contributed by atoms with Gasteiger partial charge in [0.2, 0.25) is 0 Å². The molecular formula is C11H12INS. The second kappa shape index (κ2) is 4.40. The molecule has 1 aliphatic rings. The highest BCUT2D eigenvalue weighted by Gasteiger charge is 2.19. The van der Waals surface area contributed by atoms with Crippen molar-refractivity contribution in [1.29, 1.82) is 0 Å². The molecule has 1 heterocycles. The molecule has 0 aromatic heterocycles. The number of halogens is 1. The maximum atomic E-state index is 3.97. The molecule has 0 N–H and O–H groups in total. The van der Waals surface area contributed by atoms with Gasteiger partial charge in [-0.3, -0.25) is 0 Å². The summed E-state index contributed by atoms with van der Waals surface area (Å²) in [6.07, 6.45) is 1.86. The first-order chi connectivity index (χ1) is 6.22. The quantitative estimate of drug-likeness (QED) is 0.721. The van der Waals surface area contributed by atoms with Gasteiger partial charge in [0.25, 0.3) is 0 Å². The highest BCUT2D eigenvalue weighted by molar-refractivity contribution is 14.0. The first-order valence-electron chi connectivity index (χ1n) is 4.09. The summed E-state index contributed by atoms with van der Waals surface area (Å²) in [5.74, 6) is 0. The van der Waals surface area contributed by atoms with Gasteiger partial charge < -0.3 is 4.90 Å². The van der Waals surface area contributed by atoms with Gasteiger partial charge in [-0.05, 0) is 17.7 Å². The fourth-order valence-electron chi connectivity index (χ4n) is 1.34. The number of fused-ring (bicyclic) bond motifs is 1. The van der Waals surface area contributed by atoms with Crippen LogP contribution >= 0.6 is 35.7 Å². The first-order valence-corrected chi connectivity index (χ1v) is 4.91. The van der Waals surface area contributed by atoms with E-state index in [1.165, 1.54) is 10.6 Å². The van der Waals surface area contributed by atoms with E-state index in [-0.39, 0.29) is 24.0 Å². The van der Waals surface area contributed by atoms with Crippen LogP contribution in [0.2, 0.25) is 0 Å². The van der Waals surface area contributed by atoms with Crippen LogP contribution in [0, 0.1) is 0 Å². The zero-order valence-electron chi connectivity index (χ0n) is 7.99. The third-order valence-electron chi connectivity index (χ3n) is 2.18. The average molecular weight is 317 g/mol. The van der Waals surface area contributed by atoms with Gasteiger partial charge in [0, 0.05) is 11.9 Å². The molecule has 0 spiro atoms. The summed E-state index contributed by atoms with van der Waals surface area (Å²) in [4.78, 5) is 3.38. The standard InChI is InChI=1S/C11H11NS.HI/c1-4-9-5-6-11-10(7-9)12(3)8(2)13-11;/h4-7H,1-2H2,3H3;1H. The lowest BCUT2D eigenvalue weighted by molar-refractivity contribution is 1.18. The zero-order chi connectivity index (χ0) is 9.42. The van der Waals surface area contributed by atoms with Crippen LogP contribution in [0.1, 0.15) is 5.56 Å². The Bertz CT molecular complexity index is 387. The van der Waals surface area contributed by atoms with Crippen LogP contribution < -0.4 is 4.90 Å². The van der Waals surface area contributed by atoms with E-state index in [1.807, 2.05) is 13.1 Å². The van der Waals surface area contributed by atoms with Crippen molar-refractivity contribution in [2.75, 3.05) is 11.9 Å². The third-order valence-corrected chi connectivity index (χ3v) is 3.26. The molecule has 1 nitrogen and oxygen atoms in total. The maximum absolute atomic E-state index is 3.97. The van der Waals surface area contributed by atoms with Gasteiger partial charge in [-0.1, -0.05) is 37.1 Å². The van der Waals surface area contributed by atoms with Gasteiger partial charge in [0.15, 0.2) is 0 Å². The van der Waals surface area contributed by atoms with E-state index in [1.54, 1.807) is 11.8 Å². The number of nitrogens with zero attached hydrogens (tertiary/aromatic N) is 1. The predicted octanol–water partition coefficient (Wildman–Crippen LogP) is 3.96. The summed E-state index contributed by atoms with van der Waals surface area (Å²) in [5, 5.41) is 1.08. The van der Waals surface area contributed by atoms with E-state index in [2.05, 4.69) is 36.3 Å². The van der Waals surface area contributed by atoms with Crippen molar-refractivity contribution in [2.45, 2.75) is 4.90 Å². The third kappa shape index (κ3) is 1.83. The van der Waals surface area contributed by atoms with E-state index in [0.29, 0.717) is 0 Å². The SMILES string of the molecule is C=Cc1ccc2c(c1)N(C)C(=C)S2.I. The molecule has 0 bridgehead atoms. The molecule has 14 heavy (non-hydrogen) atoms. The molecule has 0 fully saturated rings. The smallest absolute Gasteiger partial charge is 0.0725 e. The normalized spacial score (nSPS) is 13.5. The highest BCUT2D eigenvalue weighted by atomic mass is 127. The van der Waals surface area contributed by atoms with Crippen molar-refractivity contribution in [3.05, 3.63) is 41.9 Å². The summed E-state index contributed by atoms with van der Waals surface area (Å²) in [6, 6.07) is 6.32. The lowest BCUT2D eigenvalue weighted by Gasteiger charge is -2.12. The molecule has 3 heteroatoms. The maximum Gasteiger partial charge on any atom is 0.0725 e. The molecule has 0 aliphatic carbocycles. The minimum absolute atomic E-state index is 0. The van der Waals surface area contributed by atoms with Crippen molar-refractivity contribution in [2.24, 2.45) is 0 Å². The summed E-state index contributed by atoms with van der Waals surface area (Å²) >= 11 is 1.72. The summed E-state index contributed by atoms with van der Waals surface area (Å²) < 4.78 is 0.